The minimum atomic E-state index is -0.836. The molecule has 5 heteroatoms. The van der Waals surface area contributed by atoms with Crippen molar-refractivity contribution >= 4 is 11.9 Å². The van der Waals surface area contributed by atoms with Gasteiger partial charge < -0.3 is 10.4 Å². The molecule has 2 N–H and O–H groups in total. The predicted octanol–water partition coefficient (Wildman–Crippen LogP) is 2.57. The summed E-state index contributed by atoms with van der Waals surface area (Å²) in [5.41, 5.74) is 1.95. The molecule has 0 bridgehead atoms. The summed E-state index contributed by atoms with van der Waals surface area (Å²) in [5, 5.41) is 11.4. The molecular formula is C15H18FNO3. The first-order valence-corrected chi connectivity index (χ1v) is 6.86. The summed E-state index contributed by atoms with van der Waals surface area (Å²) >= 11 is 0. The summed E-state index contributed by atoms with van der Waals surface area (Å²) in [6, 6.07) is 4.62. The van der Waals surface area contributed by atoms with Gasteiger partial charge in [0.15, 0.2) is 0 Å². The van der Waals surface area contributed by atoms with E-state index in [4.69, 9.17) is 5.11 Å². The van der Waals surface area contributed by atoms with Crippen LogP contribution in [0.4, 0.5) is 4.39 Å². The lowest BCUT2D eigenvalue weighted by molar-refractivity contribution is -0.137. The van der Waals surface area contributed by atoms with Crippen molar-refractivity contribution in [1.29, 1.82) is 0 Å². The summed E-state index contributed by atoms with van der Waals surface area (Å²) in [6.45, 7) is 0. The Morgan fingerprint density at radius 3 is 2.80 bits per heavy atom. The maximum atomic E-state index is 13.1. The first-order valence-electron chi connectivity index (χ1n) is 6.86. The molecule has 1 amide bonds. The molecule has 0 aromatic heterocycles. The third-order valence-electron chi connectivity index (χ3n) is 3.56. The molecule has 0 heterocycles. The van der Waals surface area contributed by atoms with Crippen molar-refractivity contribution in [2.75, 3.05) is 0 Å². The molecule has 2 rings (SSSR count). The first kappa shape index (κ1) is 14.5. The molecule has 0 radical (unpaired) electrons. The van der Waals surface area contributed by atoms with Crippen LogP contribution < -0.4 is 5.32 Å². The number of rotatable bonds is 6. The van der Waals surface area contributed by atoms with Crippen molar-refractivity contribution in [3.63, 3.8) is 0 Å². The number of amides is 1. The number of carboxylic acids is 1. The monoisotopic (exact) mass is 279 g/mol. The standard InChI is InChI=1S/C15H18FNO3/c16-11-6-7-12-10(9-11)5-8-13(12)17-14(18)3-1-2-4-15(19)20/h6-7,9,13H,1-5,8H2,(H,17,18)(H,19,20). The van der Waals surface area contributed by atoms with E-state index in [0.717, 1.165) is 24.0 Å². The largest absolute Gasteiger partial charge is 0.481 e. The number of fused-ring (bicyclic) bond motifs is 1. The molecule has 4 nitrogen and oxygen atoms in total. The second-order valence-electron chi connectivity index (χ2n) is 5.10. The van der Waals surface area contributed by atoms with Gasteiger partial charge in [-0.25, -0.2) is 4.39 Å². The lowest BCUT2D eigenvalue weighted by Crippen LogP contribution is -2.26. The zero-order chi connectivity index (χ0) is 14.5. The van der Waals surface area contributed by atoms with E-state index in [1.54, 1.807) is 6.07 Å². The second-order valence-corrected chi connectivity index (χ2v) is 5.10. The van der Waals surface area contributed by atoms with Crippen LogP contribution in [0.25, 0.3) is 0 Å². The van der Waals surface area contributed by atoms with Gasteiger partial charge in [0, 0.05) is 12.8 Å². The molecule has 0 fully saturated rings. The van der Waals surface area contributed by atoms with E-state index in [-0.39, 0.29) is 24.2 Å². The van der Waals surface area contributed by atoms with E-state index in [0.29, 0.717) is 19.3 Å². The van der Waals surface area contributed by atoms with Gasteiger partial charge in [-0.3, -0.25) is 9.59 Å². The van der Waals surface area contributed by atoms with E-state index < -0.39 is 5.97 Å². The summed E-state index contributed by atoms with van der Waals surface area (Å²) in [4.78, 5) is 22.1. The molecule has 0 saturated carbocycles. The fourth-order valence-electron chi connectivity index (χ4n) is 2.56. The maximum Gasteiger partial charge on any atom is 0.303 e. The summed E-state index contributed by atoms with van der Waals surface area (Å²) < 4.78 is 13.1. The van der Waals surface area contributed by atoms with Gasteiger partial charge in [-0.2, -0.15) is 0 Å². The topological polar surface area (TPSA) is 66.4 Å². The van der Waals surface area contributed by atoms with Gasteiger partial charge in [-0.1, -0.05) is 6.07 Å². The number of hydrogen-bond acceptors (Lipinski definition) is 2. The smallest absolute Gasteiger partial charge is 0.303 e. The van der Waals surface area contributed by atoms with Crippen molar-refractivity contribution in [1.82, 2.24) is 5.32 Å². The Kier molecular flexibility index (Phi) is 4.71. The number of halogens is 1. The molecule has 1 aliphatic carbocycles. The first-order chi connectivity index (χ1) is 9.56. The number of nitrogens with one attached hydrogen (secondary N) is 1. The number of carbonyl (C=O) groups is 2. The molecule has 1 unspecified atom stereocenters. The molecule has 1 aliphatic rings. The fourth-order valence-corrected chi connectivity index (χ4v) is 2.56. The zero-order valence-corrected chi connectivity index (χ0v) is 11.2. The van der Waals surface area contributed by atoms with E-state index >= 15 is 0 Å². The SMILES string of the molecule is O=C(O)CCCCC(=O)NC1CCc2cc(F)ccc21. The Labute approximate surface area is 117 Å². The number of aliphatic carboxylic acids is 1. The Morgan fingerprint density at radius 1 is 1.30 bits per heavy atom. The molecule has 0 spiro atoms. The normalized spacial score (nSPS) is 16.8. The van der Waals surface area contributed by atoms with Crippen LogP contribution >= 0.6 is 0 Å². The van der Waals surface area contributed by atoms with Crippen LogP contribution in [0.1, 0.15) is 49.3 Å². The third-order valence-corrected chi connectivity index (χ3v) is 3.56. The Bertz CT molecular complexity index is 516. The van der Waals surface area contributed by atoms with E-state index in [1.807, 2.05) is 0 Å². The highest BCUT2D eigenvalue weighted by molar-refractivity contribution is 5.76. The third kappa shape index (κ3) is 3.79. The lowest BCUT2D eigenvalue weighted by Gasteiger charge is -2.14. The zero-order valence-electron chi connectivity index (χ0n) is 11.2. The molecule has 0 aliphatic heterocycles. The quantitative estimate of drug-likeness (QED) is 0.786. The van der Waals surface area contributed by atoms with Gasteiger partial charge in [0.05, 0.1) is 6.04 Å². The van der Waals surface area contributed by atoms with Crippen LogP contribution in [0.5, 0.6) is 0 Å². The van der Waals surface area contributed by atoms with E-state index in [2.05, 4.69) is 5.32 Å². The van der Waals surface area contributed by atoms with E-state index in [1.165, 1.54) is 12.1 Å². The summed E-state index contributed by atoms with van der Waals surface area (Å²) in [5.74, 6) is -1.15. The molecule has 1 atom stereocenters. The maximum absolute atomic E-state index is 13.1. The Hall–Kier alpha value is -1.91. The van der Waals surface area contributed by atoms with Gasteiger partial charge in [0.25, 0.3) is 0 Å². The highest BCUT2D eigenvalue weighted by atomic mass is 19.1. The Morgan fingerprint density at radius 2 is 2.05 bits per heavy atom. The highest BCUT2D eigenvalue weighted by Gasteiger charge is 2.23. The second kappa shape index (κ2) is 6.50. The van der Waals surface area contributed by atoms with Crippen molar-refractivity contribution in [3.8, 4) is 0 Å². The van der Waals surface area contributed by atoms with Gasteiger partial charge >= 0.3 is 5.97 Å². The van der Waals surface area contributed by atoms with Crippen LogP contribution in [0.3, 0.4) is 0 Å². The van der Waals surface area contributed by atoms with Gasteiger partial charge in [-0.15, -0.1) is 0 Å². The van der Waals surface area contributed by atoms with Crippen LogP contribution in [-0.4, -0.2) is 17.0 Å². The van der Waals surface area contributed by atoms with Gasteiger partial charge in [0.1, 0.15) is 5.82 Å². The molecule has 1 aromatic rings. The van der Waals surface area contributed by atoms with Crippen LogP contribution in [0.2, 0.25) is 0 Å². The van der Waals surface area contributed by atoms with Crippen molar-refractivity contribution in [3.05, 3.63) is 35.1 Å². The van der Waals surface area contributed by atoms with Crippen LogP contribution in [-0.2, 0) is 16.0 Å². The fraction of sp³-hybridized carbons (Fsp3) is 0.467. The number of carbonyl (C=O) groups excluding carboxylic acids is 1. The molecule has 0 saturated heterocycles. The summed E-state index contributed by atoms with van der Waals surface area (Å²) in [7, 11) is 0. The minimum Gasteiger partial charge on any atom is -0.481 e. The van der Waals surface area contributed by atoms with E-state index in [9.17, 15) is 14.0 Å². The van der Waals surface area contributed by atoms with Gasteiger partial charge in [0.2, 0.25) is 5.91 Å². The molecule has 20 heavy (non-hydrogen) atoms. The number of aryl methyl sites for hydroxylation is 1. The number of carboxylic acid groups (broad SMARTS) is 1. The van der Waals surface area contributed by atoms with Crippen LogP contribution in [0.15, 0.2) is 18.2 Å². The van der Waals surface area contributed by atoms with Crippen molar-refractivity contribution in [2.45, 2.75) is 44.6 Å². The highest BCUT2D eigenvalue weighted by Crippen LogP contribution is 2.31. The number of unbranched alkanes of at least 4 members (excludes halogenated alkanes) is 1. The molecular weight excluding hydrogens is 261 g/mol. The average Bonchev–Trinajstić information content (AvgIpc) is 2.77. The number of benzene rings is 1. The minimum absolute atomic E-state index is 0.0439. The predicted molar refractivity (Wildman–Crippen MR) is 71.7 cm³/mol. The lowest BCUT2D eigenvalue weighted by atomic mass is 10.1. The summed E-state index contributed by atoms with van der Waals surface area (Å²) in [6.07, 6.45) is 3.08. The average molecular weight is 279 g/mol. The Balaban J connectivity index is 1.80. The molecule has 108 valence electrons. The van der Waals surface area contributed by atoms with Crippen molar-refractivity contribution in [2.24, 2.45) is 0 Å². The van der Waals surface area contributed by atoms with Crippen LogP contribution in [0, 0.1) is 5.82 Å². The number of hydrogen-bond donors (Lipinski definition) is 2. The van der Waals surface area contributed by atoms with Gasteiger partial charge in [-0.05, 0) is 48.9 Å². The van der Waals surface area contributed by atoms with Crippen molar-refractivity contribution < 1.29 is 19.1 Å². The molecule has 1 aromatic carbocycles.